The molecular formula is C25H23N3O5S. The van der Waals surface area contributed by atoms with E-state index < -0.39 is 16.0 Å². The molecule has 0 saturated carbocycles. The molecule has 2 N–H and O–H groups in total. The van der Waals surface area contributed by atoms with Crippen LogP contribution >= 0.6 is 0 Å². The van der Waals surface area contributed by atoms with Gasteiger partial charge in [0.15, 0.2) is 6.61 Å². The molecule has 9 heteroatoms. The van der Waals surface area contributed by atoms with E-state index in [1.54, 1.807) is 6.07 Å². The van der Waals surface area contributed by atoms with Gasteiger partial charge in [0.25, 0.3) is 5.91 Å². The van der Waals surface area contributed by atoms with Crippen molar-refractivity contribution in [1.82, 2.24) is 9.38 Å². The van der Waals surface area contributed by atoms with Crippen LogP contribution in [0.2, 0.25) is 0 Å². The first-order valence-electron chi connectivity index (χ1n) is 10.7. The molecule has 1 aliphatic heterocycles. The van der Waals surface area contributed by atoms with Gasteiger partial charge in [0.2, 0.25) is 0 Å². The first kappa shape index (κ1) is 22.0. The number of benzene rings is 2. The lowest BCUT2D eigenvalue weighted by Crippen LogP contribution is -2.20. The highest BCUT2D eigenvalue weighted by Gasteiger charge is 2.27. The highest BCUT2D eigenvalue weighted by molar-refractivity contribution is 7.86. The van der Waals surface area contributed by atoms with Crippen molar-refractivity contribution in [3.05, 3.63) is 70.9 Å². The number of hydrogen-bond donors (Lipinski definition) is 1. The number of pyridine rings is 1. The Morgan fingerprint density at radius 2 is 1.88 bits per heavy atom. The summed E-state index contributed by atoms with van der Waals surface area (Å²) in [5.41, 5.74) is 13.7. The molecule has 34 heavy (non-hydrogen) atoms. The van der Waals surface area contributed by atoms with E-state index in [1.807, 2.05) is 19.1 Å². The largest absolute Gasteiger partial charge is 0.483 e. The molecule has 3 heterocycles. The second-order valence-electron chi connectivity index (χ2n) is 8.45. The van der Waals surface area contributed by atoms with E-state index in [2.05, 4.69) is 35.6 Å². The molecule has 0 atom stereocenters. The Labute approximate surface area is 197 Å². The summed E-state index contributed by atoms with van der Waals surface area (Å²) in [6.07, 6.45) is 1.62. The lowest BCUT2D eigenvalue weighted by molar-refractivity contribution is -0.119. The first-order valence-corrected chi connectivity index (χ1v) is 12.5. The molecule has 0 bridgehead atoms. The molecule has 0 aliphatic carbocycles. The third-order valence-electron chi connectivity index (χ3n) is 5.90. The van der Waals surface area contributed by atoms with Gasteiger partial charge in [0.1, 0.15) is 17.1 Å². The molecule has 0 radical (unpaired) electrons. The van der Waals surface area contributed by atoms with E-state index in [1.165, 1.54) is 22.8 Å². The summed E-state index contributed by atoms with van der Waals surface area (Å²) in [5, 5.41) is 0. The number of aromatic nitrogens is 2. The molecule has 5 rings (SSSR count). The van der Waals surface area contributed by atoms with Gasteiger partial charge in [0, 0.05) is 23.6 Å². The van der Waals surface area contributed by atoms with Gasteiger partial charge in [0.05, 0.1) is 23.3 Å². The van der Waals surface area contributed by atoms with Crippen LogP contribution in [-0.4, -0.2) is 36.6 Å². The summed E-state index contributed by atoms with van der Waals surface area (Å²) < 4.78 is 36.3. The maximum Gasteiger partial charge on any atom is 0.306 e. The zero-order valence-corrected chi connectivity index (χ0v) is 19.8. The zero-order chi connectivity index (χ0) is 24.2. The van der Waals surface area contributed by atoms with Crippen molar-refractivity contribution in [2.75, 3.05) is 12.9 Å². The van der Waals surface area contributed by atoms with Crippen LogP contribution in [0.4, 0.5) is 0 Å². The molecule has 0 saturated heterocycles. The minimum Gasteiger partial charge on any atom is -0.483 e. The van der Waals surface area contributed by atoms with Crippen LogP contribution < -0.4 is 14.7 Å². The molecule has 1 aliphatic rings. The number of rotatable bonds is 6. The van der Waals surface area contributed by atoms with Gasteiger partial charge in [-0.1, -0.05) is 24.3 Å². The van der Waals surface area contributed by atoms with Crippen molar-refractivity contribution in [3.8, 4) is 34.0 Å². The third-order valence-corrected chi connectivity index (χ3v) is 6.39. The van der Waals surface area contributed by atoms with Crippen LogP contribution in [0, 0.1) is 13.8 Å². The Balaban J connectivity index is 1.76. The SMILES string of the molecule is Cc1cccc2c1Cc1c(-c3c(C)cc(OS(C)(=O)=O)cc3OCC(N)=O)nc3cccc-2n13. The molecular weight excluding hydrogens is 454 g/mol. The fraction of sp³-hybridized carbons (Fsp3) is 0.200. The number of fused-ring (bicyclic) bond motifs is 2. The summed E-state index contributed by atoms with van der Waals surface area (Å²) in [6, 6.07) is 15.3. The Kier molecular flexibility index (Phi) is 5.09. The van der Waals surface area contributed by atoms with Gasteiger partial charge in [-0.15, -0.1) is 0 Å². The molecule has 0 spiro atoms. The molecule has 174 valence electrons. The molecule has 4 aromatic rings. The fourth-order valence-electron chi connectivity index (χ4n) is 4.58. The predicted octanol–water partition coefficient (Wildman–Crippen LogP) is 3.39. The maximum absolute atomic E-state index is 11.7. The smallest absolute Gasteiger partial charge is 0.306 e. The second kappa shape index (κ2) is 7.88. The zero-order valence-electron chi connectivity index (χ0n) is 19.0. The number of imidazole rings is 1. The van der Waals surface area contributed by atoms with Gasteiger partial charge in [-0.25, -0.2) is 4.98 Å². The minimum atomic E-state index is -3.75. The molecule has 0 fully saturated rings. The first-order chi connectivity index (χ1) is 16.1. The summed E-state index contributed by atoms with van der Waals surface area (Å²) in [6.45, 7) is 3.54. The van der Waals surface area contributed by atoms with Gasteiger partial charge < -0.3 is 14.7 Å². The van der Waals surface area contributed by atoms with Gasteiger partial charge >= 0.3 is 10.1 Å². The summed E-state index contributed by atoms with van der Waals surface area (Å²) in [7, 11) is -3.75. The second-order valence-corrected chi connectivity index (χ2v) is 10.0. The number of carbonyl (C=O) groups excluding carboxylic acids is 1. The van der Waals surface area contributed by atoms with Crippen molar-refractivity contribution in [2.45, 2.75) is 20.3 Å². The summed E-state index contributed by atoms with van der Waals surface area (Å²) in [5.74, 6) is -0.294. The number of ether oxygens (including phenoxy) is 1. The predicted molar refractivity (Wildman–Crippen MR) is 129 cm³/mol. The molecule has 2 aromatic heterocycles. The monoisotopic (exact) mass is 477 g/mol. The highest BCUT2D eigenvalue weighted by Crippen LogP contribution is 2.43. The normalized spacial score (nSPS) is 12.4. The number of nitrogens with zero attached hydrogens (tertiary/aromatic N) is 2. The van der Waals surface area contributed by atoms with Crippen molar-refractivity contribution in [3.63, 3.8) is 0 Å². The topological polar surface area (TPSA) is 113 Å². The standard InChI is InChI=1S/C25H23N3O5S/c1-14-6-4-7-17-18(14)12-20-25(27-23-9-5-8-19(17)28(20)23)24-15(2)10-16(33-34(3,30)31)11-21(24)32-13-22(26)29/h4-11H,12-13H2,1-3H3,(H2,26,29). The third kappa shape index (κ3) is 3.77. The molecule has 2 aromatic carbocycles. The quantitative estimate of drug-likeness (QED) is 0.375. The van der Waals surface area contributed by atoms with E-state index in [-0.39, 0.29) is 18.1 Å². The van der Waals surface area contributed by atoms with Crippen LogP contribution in [-0.2, 0) is 21.3 Å². The lowest BCUT2D eigenvalue weighted by Gasteiger charge is -2.22. The van der Waals surface area contributed by atoms with Gasteiger partial charge in [-0.3, -0.25) is 9.20 Å². The number of hydrogen-bond acceptors (Lipinski definition) is 6. The number of nitrogens with two attached hydrogens (primary N) is 1. The van der Waals surface area contributed by atoms with Crippen LogP contribution in [0.3, 0.4) is 0 Å². The number of carbonyl (C=O) groups is 1. The minimum absolute atomic E-state index is 0.0857. The Morgan fingerprint density at radius 1 is 1.12 bits per heavy atom. The van der Waals surface area contributed by atoms with Crippen molar-refractivity contribution in [1.29, 1.82) is 0 Å². The number of aryl methyl sites for hydroxylation is 2. The van der Waals surface area contributed by atoms with Crippen molar-refractivity contribution in [2.24, 2.45) is 5.73 Å². The van der Waals surface area contributed by atoms with Crippen LogP contribution in [0.5, 0.6) is 11.5 Å². The molecule has 0 unspecified atom stereocenters. The van der Waals surface area contributed by atoms with E-state index in [0.717, 1.165) is 23.3 Å². The van der Waals surface area contributed by atoms with Crippen molar-refractivity contribution < 1.29 is 22.1 Å². The average molecular weight is 478 g/mol. The van der Waals surface area contributed by atoms with E-state index >= 15 is 0 Å². The fourth-order valence-corrected chi connectivity index (χ4v) is 5.03. The summed E-state index contributed by atoms with van der Waals surface area (Å²) in [4.78, 5) is 16.4. The highest BCUT2D eigenvalue weighted by atomic mass is 32.2. The van der Waals surface area contributed by atoms with Crippen molar-refractivity contribution >= 4 is 21.7 Å². The number of amides is 1. The van der Waals surface area contributed by atoms with E-state index in [4.69, 9.17) is 19.6 Å². The molecule has 1 amide bonds. The lowest BCUT2D eigenvalue weighted by atomic mass is 9.90. The van der Waals surface area contributed by atoms with Crippen LogP contribution in [0.25, 0.3) is 28.2 Å². The van der Waals surface area contributed by atoms with Crippen LogP contribution in [0.15, 0.2) is 48.5 Å². The average Bonchev–Trinajstić information content (AvgIpc) is 3.11. The van der Waals surface area contributed by atoms with Gasteiger partial charge in [-0.05, 0) is 48.7 Å². The van der Waals surface area contributed by atoms with Gasteiger partial charge in [-0.2, -0.15) is 8.42 Å². The number of primary amides is 1. The van der Waals surface area contributed by atoms with E-state index in [0.29, 0.717) is 23.2 Å². The Bertz CT molecular complexity index is 1590. The Morgan fingerprint density at radius 3 is 2.62 bits per heavy atom. The maximum atomic E-state index is 11.7. The van der Waals surface area contributed by atoms with Crippen LogP contribution in [0.1, 0.15) is 22.4 Å². The molecule has 8 nitrogen and oxygen atoms in total. The van der Waals surface area contributed by atoms with E-state index in [9.17, 15) is 13.2 Å². The summed E-state index contributed by atoms with van der Waals surface area (Å²) >= 11 is 0. The Hall–Kier alpha value is -3.85.